The summed E-state index contributed by atoms with van der Waals surface area (Å²) < 4.78 is 2.33. The van der Waals surface area contributed by atoms with Crippen LogP contribution >= 0.6 is 15.9 Å². The second-order valence-electron chi connectivity index (χ2n) is 4.57. The third-order valence-corrected chi connectivity index (χ3v) is 4.21. The first-order valence-electron chi connectivity index (χ1n) is 5.66. The standard InChI is InChI=1S/C12H12BrNO2/c13-10-6-8-3-1-2-7-4-5-9(15)12(16)14(10)11(7)8/h6-7H,1-5H2. The van der Waals surface area contributed by atoms with E-state index in [-0.39, 0.29) is 11.7 Å². The molecule has 1 aliphatic carbocycles. The van der Waals surface area contributed by atoms with Crippen LogP contribution in [0.5, 0.6) is 0 Å². The number of aryl methyl sites for hydroxylation is 1. The molecule has 1 aromatic heterocycles. The number of hydrogen-bond acceptors (Lipinski definition) is 2. The molecule has 3 rings (SSSR count). The van der Waals surface area contributed by atoms with E-state index in [1.54, 1.807) is 4.57 Å². The zero-order chi connectivity index (χ0) is 11.3. The molecule has 2 heterocycles. The highest BCUT2D eigenvalue weighted by Gasteiger charge is 2.34. The summed E-state index contributed by atoms with van der Waals surface area (Å²) in [6, 6.07) is 2.00. The Morgan fingerprint density at radius 3 is 2.88 bits per heavy atom. The van der Waals surface area contributed by atoms with Gasteiger partial charge in [0.2, 0.25) is 5.78 Å². The number of hydrogen-bond donors (Lipinski definition) is 0. The Hall–Kier alpha value is -0.900. The highest BCUT2D eigenvalue weighted by molar-refractivity contribution is 9.10. The topological polar surface area (TPSA) is 39.1 Å². The van der Waals surface area contributed by atoms with E-state index in [2.05, 4.69) is 15.9 Å². The quantitative estimate of drug-likeness (QED) is 0.686. The van der Waals surface area contributed by atoms with Crippen molar-refractivity contribution in [1.82, 2.24) is 4.57 Å². The fraction of sp³-hybridized carbons (Fsp3) is 0.500. The van der Waals surface area contributed by atoms with E-state index in [0.29, 0.717) is 12.3 Å². The number of Topliss-reactive ketones (excluding diaryl/α,β-unsaturated/α-hetero) is 1. The summed E-state index contributed by atoms with van der Waals surface area (Å²) >= 11 is 3.39. The minimum Gasteiger partial charge on any atom is -0.289 e. The van der Waals surface area contributed by atoms with Crippen LogP contribution in [0.1, 0.15) is 47.7 Å². The molecule has 0 radical (unpaired) electrons. The Bertz CT molecular complexity index is 489. The predicted molar refractivity (Wildman–Crippen MR) is 62.7 cm³/mol. The van der Waals surface area contributed by atoms with Gasteiger partial charge in [0, 0.05) is 18.0 Å². The lowest BCUT2D eigenvalue weighted by Crippen LogP contribution is -2.21. The lowest BCUT2D eigenvalue weighted by Gasteiger charge is -2.22. The average Bonchev–Trinajstić information content (AvgIpc) is 2.54. The summed E-state index contributed by atoms with van der Waals surface area (Å²) in [7, 11) is 0. The van der Waals surface area contributed by atoms with Crippen molar-refractivity contribution >= 4 is 27.6 Å². The fourth-order valence-electron chi connectivity index (χ4n) is 2.89. The minimum atomic E-state index is -0.363. The SMILES string of the molecule is O=C1CCC2CCCc3cc(Br)n(c32)C1=O. The summed E-state index contributed by atoms with van der Waals surface area (Å²) in [6.45, 7) is 0. The molecule has 1 atom stereocenters. The summed E-state index contributed by atoms with van der Waals surface area (Å²) in [5.41, 5.74) is 2.33. The fourth-order valence-corrected chi connectivity index (χ4v) is 3.51. The van der Waals surface area contributed by atoms with Crippen LogP contribution in [0, 0.1) is 0 Å². The molecule has 0 spiro atoms. The van der Waals surface area contributed by atoms with Crippen LogP contribution in [0.25, 0.3) is 0 Å². The van der Waals surface area contributed by atoms with Crippen LogP contribution in [0.3, 0.4) is 0 Å². The van der Waals surface area contributed by atoms with Gasteiger partial charge in [0.15, 0.2) is 0 Å². The molecule has 1 aromatic rings. The highest BCUT2D eigenvalue weighted by Crippen LogP contribution is 2.39. The summed E-state index contributed by atoms with van der Waals surface area (Å²) in [5, 5.41) is 0. The lowest BCUT2D eigenvalue weighted by molar-refractivity contribution is -0.115. The zero-order valence-electron chi connectivity index (χ0n) is 8.83. The van der Waals surface area contributed by atoms with Gasteiger partial charge in [0.25, 0.3) is 5.91 Å². The molecular weight excluding hydrogens is 270 g/mol. The van der Waals surface area contributed by atoms with E-state index in [1.807, 2.05) is 6.07 Å². The van der Waals surface area contributed by atoms with Crippen LogP contribution in [-0.2, 0) is 11.2 Å². The van der Waals surface area contributed by atoms with Crippen molar-refractivity contribution in [2.24, 2.45) is 0 Å². The number of nitrogens with zero attached hydrogens (tertiary/aromatic N) is 1. The molecule has 0 amide bonds. The van der Waals surface area contributed by atoms with E-state index < -0.39 is 0 Å². The minimum absolute atomic E-state index is 0.256. The Morgan fingerprint density at radius 2 is 2.06 bits per heavy atom. The van der Waals surface area contributed by atoms with Crippen molar-refractivity contribution in [3.8, 4) is 0 Å². The predicted octanol–water partition coefficient (Wildman–Crippen LogP) is 2.67. The van der Waals surface area contributed by atoms with Crippen LogP contribution in [-0.4, -0.2) is 16.3 Å². The first-order chi connectivity index (χ1) is 7.68. The van der Waals surface area contributed by atoms with Crippen molar-refractivity contribution in [3.63, 3.8) is 0 Å². The number of aromatic nitrogens is 1. The van der Waals surface area contributed by atoms with Gasteiger partial charge in [-0.25, -0.2) is 0 Å². The van der Waals surface area contributed by atoms with Crippen LogP contribution < -0.4 is 0 Å². The second kappa shape index (κ2) is 3.55. The smallest absolute Gasteiger partial charge is 0.289 e. The normalized spacial score (nSPS) is 24.2. The van der Waals surface area contributed by atoms with Crippen molar-refractivity contribution in [2.75, 3.05) is 0 Å². The van der Waals surface area contributed by atoms with Crippen molar-refractivity contribution in [3.05, 3.63) is 21.9 Å². The molecule has 0 fully saturated rings. The van der Waals surface area contributed by atoms with Gasteiger partial charge in [-0.2, -0.15) is 0 Å². The highest BCUT2D eigenvalue weighted by atomic mass is 79.9. The monoisotopic (exact) mass is 281 g/mol. The number of halogens is 1. The number of ketones is 1. The zero-order valence-corrected chi connectivity index (χ0v) is 10.4. The lowest BCUT2D eigenvalue weighted by atomic mass is 9.85. The molecule has 0 saturated carbocycles. The van der Waals surface area contributed by atoms with Gasteiger partial charge in [0.1, 0.15) is 0 Å². The van der Waals surface area contributed by atoms with Crippen LogP contribution in [0.4, 0.5) is 0 Å². The maximum Gasteiger partial charge on any atom is 0.299 e. The Balaban J connectivity index is 2.25. The molecule has 0 saturated heterocycles. The first-order valence-corrected chi connectivity index (χ1v) is 6.45. The molecule has 84 valence electrons. The third kappa shape index (κ3) is 1.32. The van der Waals surface area contributed by atoms with Crippen LogP contribution in [0.15, 0.2) is 10.7 Å². The summed E-state index contributed by atoms with van der Waals surface area (Å²) in [5.74, 6) is -0.225. The molecule has 4 heteroatoms. The van der Waals surface area contributed by atoms with Gasteiger partial charge >= 0.3 is 0 Å². The average molecular weight is 282 g/mol. The first kappa shape index (κ1) is 10.3. The summed E-state index contributed by atoms with van der Waals surface area (Å²) in [6.07, 6.45) is 4.52. The van der Waals surface area contributed by atoms with Crippen molar-refractivity contribution in [2.45, 2.75) is 38.0 Å². The van der Waals surface area contributed by atoms with E-state index in [9.17, 15) is 9.59 Å². The van der Waals surface area contributed by atoms with Crippen LogP contribution in [0.2, 0.25) is 0 Å². The molecule has 1 unspecified atom stereocenters. The van der Waals surface area contributed by atoms with Crippen molar-refractivity contribution in [1.29, 1.82) is 0 Å². The number of rotatable bonds is 0. The van der Waals surface area contributed by atoms with E-state index in [4.69, 9.17) is 0 Å². The molecule has 0 N–H and O–H groups in total. The Kier molecular flexibility index (Phi) is 2.28. The van der Waals surface area contributed by atoms with Gasteiger partial charge in [-0.1, -0.05) is 0 Å². The molecule has 3 nitrogen and oxygen atoms in total. The molecule has 2 aliphatic rings. The molecule has 0 aromatic carbocycles. The van der Waals surface area contributed by atoms with Gasteiger partial charge in [-0.05, 0) is 53.2 Å². The molecule has 1 aliphatic heterocycles. The maximum atomic E-state index is 11.9. The van der Waals surface area contributed by atoms with Gasteiger partial charge in [0.05, 0.1) is 4.60 Å². The Morgan fingerprint density at radius 1 is 1.25 bits per heavy atom. The van der Waals surface area contributed by atoms with E-state index in [1.165, 1.54) is 5.56 Å². The Labute approximate surface area is 102 Å². The second-order valence-corrected chi connectivity index (χ2v) is 5.38. The summed E-state index contributed by atoms with van der Waals surface area (Å²) in [4.78, 5) is 23.6. The third-order valence-electron chi connectivity index (χ3n) is 3.62. The number of carbonyl (C=O) groups excluding carboxylic acids is 2. The van der Waals surface area contributed by atoms with Gasteiger partial charge < -0.3 is 0 Å². The molecular formula is C12H12BrNO2. The van der Waals surface area contributed by atoms with Gasteiger partial charge in [-0.15, -0.1) is 0 Å². The van der Waals surface area contributed by atoms with E-state index >= 15 is 0 Å². The maximum absolute atomic E-state index is 11.9. The van der Waals surface area contributed by atoms with Crippen molar-refractivity contribution < 1.29 is 9.59 Å². The van der Waals surface area contributed by atoms with Gasteiger partial charge in [-0.3, -0.25) is 14.2 Å². The van der Waals surface area contributed by atoms with E-state index in [0.717, 1.165) is 36.0 Å². The molecule has 16 heavy (non-hydrogen) atoms. The molecule has 0 bridgehead atoms. The number of carbonyl (C=O) groups is 2. The largest absolute Gasteiger partial charge is 0.299 e.